The van der Waals surface area contributed by atoms with Gasteiger partial charge in [-0.05, 0) is 61.6 Å². The topological polar surface area (TPSA) is 71.6 Å². The number of hydrazine groups is 1. The number of rotatable bonds is 6. The number of anilines is 1. The third-order valence-electron chi connectivity index (χ3n) is 3.11. The molecule has 0 unspecified atom stereocenters. The fraction of sp³-hybridized carbons (Fsp3) is 0.176. The number of ether oxygens (including phenoxy) is 2. The molecule has 0 aliphatic heterocycles. The van der Waals surface area contributed by atoms with Crippen molar-refractivity contribution in [3.63, 3.8) is 0 Å². The molecule has 0 aromatic heterocycles. The maximum absolute atomic E-state index is 12.9. The van der Waals surface area contributed by atoms with Gasteiger partial charge in [0.1, 0.15) is 5.82 Å². The summed E-state index contributed by atoms with van der Waals surface area (Å²) in [4.78, 5) is 12.2. The number of hydrogen-bond donors (Lipinski definition) is 3. The van der Waals surface area contributed by atoms with Crippen LogP contribution in [0.2, 0.25) is 0 Å². The van der Waals surface area contributed by atoms with Gasteiger partial charge in [-0.3, -0.25) is 15.6 Å². The molecule has 144 valence electrons. The molecule has 0 spiro atoms. The minimum absolute atomic E-state index is 0.0115. The van der Waals surface area contributed by atoms with Crippen molar-refractivity contribution in [1.82, 2.24) is 10.9 Å². The van der Waals surface area contributed by atoms with Crippen LogP contribution >= 0.6 is 12.2 Å². The molecule has 2 aromatic rings. The van der Waals surface area contributed by atoms with Crippen LogP contribution in [0.1, 0.15) is 17.3 Å². The first-order valence-corrected chi connectivity index (χ1v) is 8.14. The summed E-state index contributed by atoms with van der Waals surface area (Å²) in [5, 5.41) is 2.82. The van der Waals surface area contributed by atoms with Gasteiger partial charge in [0.25, 0.3) is 5.91 Å². The molecule has 10 heteroatoms. The molecule has 27 heavy (non-hydrogen) atoms. The number of benzene rings is 2. The Hall–Kier alpha value is -3.01. The highest BCUT2D eigenvalue weighted by molar-refractivity contribution is 7.80. The van der Waals surface area contributed by atoms with Gasteiger partial charge in [0.05, 0.1) is 6.61 Å². The molecule has 6 nitrogen and oxygen atoms in total. The zero-order valence-electron chi connectivity index (χ0n) is 14.1. The first kappa shape index (κ1) is 20.3. The van der Waals surface area contributed by atoms with Crippen LogP contribution in [0, 0.1) is 5.82 Å². The zero-order chi connectivity index (χ0) is 19.8. The average Bonchev–Trinajstić information content (AvgIpc) is 2.63. The highest BCUT2D eigenvalue weighted by Crippen LogP contribution is 2.29. The number of carbonyl (C=O) groups is 1. The van der Waals surface area contributed by atoms with Gasteiger partial charge in [0, 0.05) is 11.3 Å². The lowest BCUT2D eigenvalue weighted by atomic mass is 10.2. The lowest BCUT2D eigenvalue weighted by molar-refractivity contribution is -0.0514. The van der Waals surface area contributed by atoms with Crippen LogP contribution in [-0.4, -0.2) is 24.2 Å². The Morgan fingerprint density at radius 2 is 1.81 bits per heavy atom. The number of alkyl halides is 2. The van der Waals surface area contributed by atoms with E-state index < -0.39 is 18.3 Å². The van der Waals surface area contributed by atoms with Gasteiger partial charge in [-0.25, -0.2) is 4.39 Å². The first-order chi connectivity index (χ1) is 12.9. The number of nitrogens with one attached hydrogen (secondary N) is 3. The fourth-order valence-corrected chi connectivity index (χ4v) is 2.16. The summed E-state index contributed by atoms with van der Waals surface area (Å²) in [5.41, 5.74) is 5.49. The molecule has 0 heterocycles. The van der Waals surface area contributed by atoms with Crippen LogP contribution in [0.25, 0.3) is 0 Å². The first-order valence-electron chi connectivity index (χ1n) is 7.73. The third-order valence-corrected chi connectivity index (χ3v) is 3.32. The lowest BCUT2D eigenvalue weighted by Gasteiger charge is -2.14. The van der Waals surface area contributed by atoms with E-state index in [0.717, 1.165) is 0 Å². The lowest BCUT2D eigenvalue weighted by Crippen LogP contribution is -2.43. The minimum atomic E-state index is -3.01. The Morgan fingerprint density at radius 3 is 2.44 bits per heavy atom. The van der Waals surface area contributed by atoms with Crippen LogP contribution in [0.3, 0.4) is 0 Å². The maximum atomic E-state index is 12.9. The van der Waals surface area contributed by atoms with Gasteiger partial charge < -0.3 is 14.8 Å². The van der Waals surface area contributed by atoms with Crippen molar-refractivity contribution < 1.29 is 27.4 Å². The zero-order valence-corrected chi connectivity index (χ0v) is 14.9. The van der Waals surface area contributed by atoms with Gasteiger partial charge in [0.2, 0.25) is 0 Å². The molecule has 0 fully saturated rings. The Bertz CT molecular complexity index is 804. The summed E-state index contributed by atoms with van der Waals surface area (Å²) in [6.45, 7) is -1.14. The van der Waals surface area contributed by atoms with E-state index in [9.17, 15) is 18.0 Å². The summed E-state index contributed by atoms with van der Waals surface area (Å²) in [6.07, 6.45) is 0. The molecule has 0 saturated heterocycles. The van der Waals surface area contributed by atoms with Gasteiger partial charge in [-0.15, -0.1) is 0 Å². The van der Waals surface area contributed by atoms with Crippen molar-refractivity contribution in [3.8, 4) is 11.5 Å². The molecule has 0 saturated carbocycles. The molecule has 0 radical (unpaired) electrons. The second-order valence-corrected chi connectivity index (χ2v) is 5.42. The Morgan fingerprint density at radius 1 is 1.11 bits per heavy atom. The summed E-state index contributed by atoms with van der Waals surface area (Å²) in [7, 11) is 0. The number of thiocarbonyl (C=S) groups is 1. The van der Waals surface area contributed by atoms with E-state index in [0.29, 0.717) is 5.69 Å². The van der Waals surface area contributed by atoms with E-state index in [1.54, 1.807) is 6.92 Å². The van der Waals surface area contributed by atoms with E-state index in [1.807, 2.05) is 0 Å². The summed E-state index contributed by atoms with van der Waals surface area (Å²) < 4.78 is 47.2. The molecule has 0 aliphatic carbocycles. The summed E-state index contributed by atoms with van der Waals surface area (Å²) in [5.74, 6) is -1.14. The van der Waals surface area contributed by atoms with Gasteiger partial charge in [-0.2, -0.15) is 8.78 Å². The van der Waals surface area contributed by atoms with Gasteiger partial charge in [-0.1, -0.05) is 0 Å². The molecular formula is C17H16F3N3O3S. The number of halogens is 3. The third kappa shape index (κ3) is 6.33. The van der Waals surface area contributed by atoms with Crippen molar-refractivity contribution in [2.45, 2.75) is 13.5 Å². The number of carbonyl (C=O) groups excluding carboxylic acids is 1. The average molecular weight is 399 g/mol. The Balaban J connectivity index is 1.97. The minimum Gasteiger partial charge on any atom is -0.490 e. The number of hydrogen-bond acceptors (Lipinski definition) is 4. The van der Waals surface area contributed by atoms with E-state index in [4.69, 9.17) is 17.0 Å². The molecule has 0 aliphatic rings. The Labute approximate surface area is 158 Å². The van der Waals surface area contributed by atoms with E-state index in [1.165, 1.54) is 42.5 Å². The Kier molecular flexibility index (Phi) is 7.24. The smallest absolute Gasteiger partial charge is 0.387 e. The second-order valence-electron chi connectivity index (χ2n) is 5.01. The molecule has 2 rings (SSSR count). The SMILES string of the molecule is CCOc1cc(C(=O)NNC(=S)Nc2ccc(F)cc2)ccc1OC(F)F. The summed E-state index contributed by atoms with van der Waals surface area (Å²) >= 11 is 5.01. The van der Waals surface area contributed by atoms with Crippen molar-refractivity contribution in [1.29, 1.82) is 0 Å². The number of amides is 1. The normalized spacial score (nSPS) is 10.3. The maximum Gasteiger partial charge on any atom is 0.387 e. The molecular weight excluding hydrogens is 383 g/mol. The molecule has 3 N–H and O–H groups in total. The largest absolute Gasteiger partial charge is 0.490 e. The van der Waals surface area contributed by atoms with Crippen LogP contribution in [0.5, 0.6) is 11.5 Å². The fourth-order valence-electron chi connectivity index (χ4n) is 1.99. The molecule has 0 atom stereocenters. The van der Waals surface area contributed by atoms with E-state index in [-0.39, 0.29) is 28.8 Å². The van der Waals surface area contributed by atoms with Crippen molar-refractivity contribution >= 4 is 28.9 Å². The van der Waals surface area contributed by atoms with Gasteiger partial charge in [0.15, 0.2) is 16.6 Å². The van der Waals surface area contributed by atoms with Crippen LogP contribution < -0.4 is 25.6 Å². The van der Waals surface area contributed by atoms with Crippen LogP contribution in [-0.2, 0) is 0 Å². The second kappa shape index (κ2) is 9.62. The molecule has 0 bridgehead atoms. The standard InChI is InChI=1S/C17H16F3N3O3S/c1-2-25-14-9-10(3-8-13(14)26-16(19)20)15(24)22-23-17(27)21-12-6-4-11(18)5-7-12/h3-9,16H,2H2,1H3,(H,22,24)(H2,21,23,27). The van der Waals surface area contributed by atoms with Gasteiger partial charge >= 0.3 is 6.61 Å². The van der Waals surface area contributed by atoms with E-state index >= 15 is 0 Å². The molecule has 2 aromatic carbocycles. The summed E-state index contributed by atoms with van der Waals surface area (Å²) in [6, 6.07) is 9.23. The monoisotopic (exact) mass is 399 g/mol. The van der Waals surface area contributed by atoms with Crippen molar-refractivity contribution in [2.24, 2.45) is 0 Å². The quantitative estimate of drug-likeness (QED) is 0.511. The van der Waals surface area contributed by atoms with E-state index in [2.05, 4.69) is 20.9 Å². The highest BCUT2D eigenvalue weighted by Gasteiger charge is 2.14. The predicted molar refractivity (Wildman–Crippen MR) is 97.5 cm³/mol. The van der Waals surface area contributed by atoms with Crippen molar-refractivity contribution in [2.75, 3.05) is 11.9 Å². The highest BCUT2D eigenvalue weighted by atomic mass is 32.1. The predicted octanol–water partition coefficient (Wildman–Crippen LogP) is 3.46. The van der Waals surface area contributed by atoms with Crippen LogP contribution in [0.4, 0.5) is 18.9 Å². The molecule has 1 amide bonds. The van der Waals surface area contributed by atoms with Crippen molar-refractivity contribution in [3.05, 3.63) is 53.8 Å². The van der Waals surface area contributed by atoms with Crippen LogP contribution in [0.15, 0.2) is 42.5 Å².